The molecule has 23 heavy (non-hydrogen) atoms. The van der Waals surface area contributed by atoms with Gasteiger partial charge in [0.15, 0.2) is 0 Å². The second kappa shape index (κ2) is 8.90. The highest BCUT2D eigenvalue weighted by molar-refractivity contribution is 5.89. The van der Waals surface area contributed by atoms with Crippen molar-refractivity contribution in [3.63, 3.8) is 0 Å². The molecule has 0 aliphatic carbocycles. The van der Waals surface area contributed by atoms with Gasteiger partial charge < -0.3 is 15.5 Å². The molecule has 0 heterocycles. The van der Waals surface area contributed by atoms with Crippen molar-refractivity contribution in [3.05, 3.63) is 66.0 Å². The Labute approximate surface area is 136 Å². The first-order valence-corrected chi connectivity index (χ1v) is 7.66. The van der Waals surface area contributed by atoms with Crippen LogP contribution in [0.15, 0.2) is 54.6 Å². The molecule has 0 unspecified atom stereocenters. The van der Waals surface area contributed by atoms with E-state index in [1.54, 1.807) is 12.1 Å². The molecule has 2 aromatic rings. The number of hydrogen-bond acceptors (Lipinski definition) is 2. The standard InChI is InChI=1S/C18H22FN3O/c1-22(14-15-7-3-2-4-8-15)12-6-11-20-18(23)21-17-10-5-9-16(19)13-17/h2-5,7-10,13H,6,11-12,14H2,1H3,(H2,20,21,23). The summed E-state index contributed by atoms with van der Waals surface area (Å²) >= 11 is 0. The number of nitrogens with one attached hydrogen (secondary N) is 2. The maximum absolute atomic E-state index is 13.0. The summed E-state index contributed by atoms with van der Waals surface area (Å²) < 4.78 is 13.0. The molecule has 0 saturated carbocycles. The van der Waals surface area contributed by atoms with Gasteiger partial charge in [-0.2, -0.15) is 0 Å². The van der Waals surface area contributed by atoms with Gasteiger partial charge in [0.25, 0.3) is 0 Å². The van der Waals surface area contributed by atoms with Gasteiger partial charge in [0, 0.05) is 18.8 Å². The van der Waals surface area contributed by atoms with Crippen LogP contribution in [0.3, 0.4) is 0 Å². The maximum atomic E-state index is 13.0. The topological polar surface area (TPSA) is 44.4 Å². The van der Waals surface area contributed by atoms with Gasteiger partial charge in [-0.1, -0.05) is 36.4 Å². The Kier molecular flexibility index (Phi) is 6.56. The maximum Gasteiger partial charge on any atom is 0.319 e. The van der Waals surface area contributed by atoms with E-state index in [4.69, 9.17) is 0 Å². The first kappa shape index (κ1) is 17.0. The largest absolute Gasteiger partial charge is 0.338 e. The van der Waals surface area contributed by atoms with Gasteiger partial charge in [0.05, 0.1) is 0 Å². The minimum atomic E-state index is -0.370. The molecule has 0 bridgehead atoms. The van der Waals surface area contributed by atoms with Crippen molar-refractivity contribution in [2.45, 2.75) is 13.0 Å². The van der Waals surface area contributed by atoms with Crippen LogP contribution < -0.4 is 10.6 Å². The Balaban J connectivity index is 1.62. The van der Waals surface area contributed by atoms with Crippen LogP contribution in [0.25, 0.3) is 0 Å². The molecule has 0 atom stereocenters. The molecule has 0 saturated heterocycles. The Hall–Kier alpha value is -2.40. The lowest BCUT2D eigenvalue weighted by atomic mass is 10.2. The molecule has 2 N–H and O–H groups in total. The lowest BCUT2D eigenvalue weighted by Gasteiger charge is -2.16. The van der Waals surface area contributed by atoms with Crippen LogP contribution in [0, 0.1) is 5.82 Å². The number of benzene rings is 2. The number of carbonyl (C=O) groups excluding carboxylic acids is 1. The van der Waals surface area contributed by atoms with E-state index in [1.165, 1.54) is 17.7 Å². The van der Waals surface area contributed by atoms with Crippen LogP contribution in [0.1, 0.15) is 12.0 Å². The average Bonchev–Trinajstić information content (AvgIpc) is 2.52. The van der Waals surface area contributed by atoms with Gasteiger partial charge in [-0.15, -0.1) is 0 Å². The highest BCUT2D eigenvalue weighted by Crippen LogP contribution is 2.08. The van der Waals surface area contributed by atoms with Crippen molar-refractivity contribution in [1.82, 2.24) is 10.2 Å². The molecule has 2 amide bonds. The summed E-state index contributed by atoms with van der Waals surface area (Å²) in [6.45, 7) is 2.34. The van der Waals surface area contributed by atoms with E-state index >= 15 is 0 Å². The predicted octanol–water partition coefficient (Wildman–Crippen LogP) is 3.47. The number of rotatable bonds is 7. The molecular weight excluding hydrogens is 293 g/mol. The molecule has 5 heteroatoms. The first-order valence-electron chi connectivity index (χ1n) is 7.66. The van der Waals surface area contributed by atoms with E-state index in [2.05, 4.69) is 34.7 Å². The molecule has 0 aromatic heterocycles. The third-order valence-electron chi connectivity index (χ3n) is 3.38. The minimum absolute atomic E-state index is 0.318. The summed E-state index contributed by atoms with van der Waals surface area (Å²) in [7, 11) is 2.06. The molecular formula is C18H22FN3O. The Morgan fingerprint density at radius 2 is 1.91 bits per heavy atom. The lowest BCUT2D eigenvalue weighted by molar-refractivity contribution is 0.250. The molecule has 0 aliphatic rings. The molecule has 4 nitrogen and oxygen atoms in total. The lowest BCUT2D eigenvalue weighted by Crippen LogP contribution is -2.31. The zero-order valence-electron chi connectivity index (χ0n) is 13.3. The zero-order chi connectivity index (χ0) is 16.5. The normalized spacial score (nSPS) is 10.6. The van der Waals surface area contributed by atoms with Crippen LogP contribution in [0.4, 0.5) is 14.9 Å². The zero-order valence-corrected chi connectivity index (χ0v) is 13.3. The Morgan fingerprint density at radius 1 is 1.13 bits per heavy atom. The molecule has 122 valence electrons. The first-order chi connectivity index (χ1) is 11.1. The third kappa shape index (κ3) is 6.48. The summed E-state index contributed by atoms with van der Waals surface area (Å²) in [5.41, 5.74) is 1.72. The van der Waals surface area contributed by atoms with Gasteiger partial charge in [-0.05, 0) is 43.8 Å². The summed E-state index contributed by atoms with van der Waals surface area (Å²) in [6, 6.07) is 15.8. The van der Waals surface area contributed by atoms with Gasteiger partial charge in [-0.25, -0.2) is 9.18 Å². The van der Waals surface area contributed by atoms with Gasteiger partial charge >= 0.3 is 6.03 Å². The van der Waals surface area contributed by atoms with Crippen molar-refractivity contribution < 1.29 is 9.18 Å². The van der Waals surface area contributed by atoms with E-state index < -0.39 is 0 Å². The van der Waals surface area contributed by atoms with Gasteiger partial charge in [0.1, 0.15) is 5.82 Å². The number of anilines is 1. The molecule has 2 aromatic carbocycles. The van der Waals surface area contributed by atoms with E-state index in [1.807, 2.05) is 18.2 Å². The second-order valence-electron chi connectivity index (χ2n) is 5.47. The highest BCUT2D eigenvalue weighted by atomic mass is 19.1. The number of carbonyl (C=O) groups is 1. The average molecular weight is 315 g/mol. The van der Waals surface area contributed by atoms with Crippen LogP contribution >= 0.6 is 0 Å². The van der Waals surface area contributed by atoms with Crippen LogP contribution in [-0.4, -0.2) is 31.1 Å². The third-order valence-corrected chi connectivity index (χ3v) is 3.38. The number of halogens is 1. The van der Waals surface area contributed by atoms with Crippen LogP contribution in [-0.2, 0) is 6.54 Å². The summed E-state index contributed by atoms with van der Waals surface area (Å²) in [6.07, 6.45) is 0.847. The minimum Gasteiger partial charge on any atom is -0.338 e. The molecule has 2 rings (SSSR count). The van der Waals surface area contributed by atoms with Crippen LogP contribution in [0.2, 0.25) is 0 Å². The molecule has 0 spiro atoms. The smallest absolute Gasteiger partial charge is 0.319 e. The monoisotopic (exact) mass is 315 g/mol. The van der Waals surface area contributed by atoms with Crippen molar-refractivity contribution in [2.24, 2.45) is 0 Å². The fourth-order valence-electron chi connectivity index (χ4n) is 2.27. The Morgan fingerprint density at radius 3 is 2.65 bits per heavy atom. The van der Waals surface area contributed by atoms with Crippen molar-refractivity contribution >= 4 is 11.7 Å². The molecule has 0 radical (unpaired) electrons. The number of urea groups is 1. The van der Waals surface area contributed by atoms with Crippen LogP contribution in [0.5, 0.6) is 0 Å². The summed E-state index contributed by atoms with van der Waals surface area (Å²) in [5, 5.41) is 5.38. The predicted molar refractivity (Wildman–Crippen MR) is 90.8 cm³/mol. The fourth-order valence-corrected chi connectivity index (χ4v) is 2.27. The number of amides is 2. The van der Waals surface area contributed by atoms with Gasteiger partial charge in [0.2, 0.25) is 0 Å². The summed E-state index contributed by atoms with van der Waals surface area (Å²) in [4.78, 5) is 13.9. The summed E-state index contributed by atoms with van der Waals surface area (Å²) in [5.74, 6) is -0.370. The fraction of sp³-hybridized carbons (Fsp3) is 0.278. The quantitative estimate of drug-likeness (QED) is 0.769. The van der Waals surface area contributed by atoms with Crippen molar-refractivity contribution in [3.8, 4) is 0 Å². The van der Waals surface area contributed by atoms with E-state index in [0.717, 1.165) is 19.5 Å². The van der Waals surface area contributed by atoms with E-state index in [-0.39, 0.29) is 11.8 Å². The number of nitrogens with zero attached hydrogens (tertiary/aromatic N) is 1. The van der Waals surface area contributed by atoms with Gasteiger partial charge in [-0.3, -0.25) is 0 Å². The highest BCUT2D eigenvalue weighted by Gasteiger charge is 2.03. The molecule has 0 fully saturated rings. The Bertz CT molecular complexity index is 619. The van der Waals surface area contributed by atoms with E-state index in [9.17, 15) is 9.18 Å². The second-order valence-corrected chi connectivity index (χ2v) is 5.47. The number of hydrogen-bond donors (Lipinski definition) is 2. The molecule has 0 aliphatic heterocycles. The SMILES string of the molecule is CN(CCCNC(=O)Nc1cccc(F)c1)Cc1ccccc1. The van der Waals surface area contributed by atoms with Crippen molar-refractivity contribution in [2.75, 3.05) is 25.5 Å². The van der Waals surface area contributed by atoms with E-state index in [0.29, 0.717) is 12.2 Å². The van der Waals surface area contributed by atoms with Crippen molar-refractivity contribution in [1.29, 1.82) is 0 Å².